The first-order chi connectivity index (χ1) is 16.3. The maximum atomic E-state index is 4.69. The second-order valence-corrected chi connectivity index (χ2v) is 12.5. The number of rotatable bonds is 6. The summed E-state index contributed by atoms with van der Waals surface area (Å²) in [5.74, 6) is 4.57. The molecule has 6 heteroatoms. The van der Waals surface area contributed by atoms with E-state index in [9.17, 15) is 0 Å². The molecule has 2 unspecified atom stereocenters. The summed E-state index contributed by atoms with van der Waals surface area (Å²) >= 11 is 0. The molecule has 4 fully saturated rings. The summed E-state index contributed by atoms with van der Waals surface area (Å²) in [7, 11) is 1.91. The highest BCUT2D eigenvalue weighted by atomic mass is 15.4. The molecule has 2 saturated heterocycles. The average molecular weight is 465 g/mol. The van der Waals surface area contributed by atoms with Gasteiger partial charge in [0.1, 0.15) is 5.69 Å². The van der Waals surface area contributed by atoms with E-state index >= 15 is 0 Å². The molecule has 2 aliphatic heterocycles. The first-order valence-electron chi connectivity index (χ1n) is 13.5. The van der Waals surface area contributed by atoms with Gasteiger partial charge in [0.05, 0.1) is 5.70 Å². The zero-order valence-corrected chi connectivity index (χ0v) is 22.0. The fraction of sp³-hybridized carbons (Fsp3) is 0.750. The van der Waals surface area contributed by atoms with E-state index in [1.54, 1.807) is 5.01 Å². The van der Waals surface area contributed by atoms with Crippen LogP contribution in [0.3, 0.4) is 0 Å². The van der Waals surface area contributed by atoms with Gasteiger partial charge in [0.25, 0.3) is 0 Å². The molecule has 186 valence electrons. The molecule has 0 amide bonds. The zero-order valence-electron chi connectivity index (χ0n) is 22.0. The van der Waals surface area contributed by atoms with Crippen molar-refractivity contribution >= 4 is 18.2 Å². The molecule has 2 bridgehead atoms. The number of allylic oxidation sites excluding steroid dienone is 1. The molecule has 1 aromatic heterocycles. The highest BCUT2D eigenvalue weighted by Gasteiger charge is 2.48. The van der Waals surface area contributed by atoms with Crippen molar-refractivity contribution in [3.8, 4) is 0 Å². The molecule has 3 heterocycles. The smallest absolute Gasteiger partial charge is 0.151 e. The number of hydrogen-bond acceptors (Lipinski definition) is 6. The minimum Gasteiger partial charge on any atom is -0.351 e. The van der Waals surface area contributed by atoms with E-state index in [0.717, 1.165) is 53.0 Å². The van der Waals surface area contributed by atoms with Crippen LogP contribution in [0.4, 0.5) is 5.82 Å². The zero-order chi connectivity index (χ0) is 24.0. The monoisotopic (exact) mass is 464 g/mol. The Kier molecular flexibility index (Phi) is 6.47. The van der Waals surface area contributed by atoms with Crippen LogP contribution in [-0.4, -0.2) is 66.1 Å². The summed E-state index contributed by atoms with van der Waals surface area (Å²) in [4.78, 5) is 5.36. The van der Waals surface area contributed by atoms with Gasteiger partial charge in [-0.3, -0.25) is 5.01 Å². The van der Waals surface area contributed by atoms with Crippen molar-refractivity contribution in [3.05, 3.63) is 23.4 Å². The van der Waals surface area contributed by atoms with Crippen LogP contribution in [0.5, 0.6) is 0 Å². The first-order valence-corrected chi connectivity index (χ1v) is 13.5. The van der Waals surface area contributed by atoms with Gasteiger partial charge < -0.3 is 9.80 Å². The fourth-order valence-corrected chi connectivity index (χ4v) is 8.46. The number of likely N-dealkylation sites (tertiary alicyclic amines) is 1. The van der Waals surface area contributed by atoms with Crippen LogP contribution in [0.15, 0.2) is 22.8 Å². The Morgan fingerprint density at radius 1 is 1.12 bits per heavy atom. The third-order valence-corrected chi connectivity index (χ3v) is 9.13. The van der Waals surface area contributed by atoms with Gasteiger partial charge in [0, 0.05) is 46.0 Å². The number of nitrogens with zero attached hydrogens (tertiary/aromatic N) is 6. The van der Waals surface area contributed by atoms with Gasteiger partial charge in [-0.2, -0.15) is 5.10 Å². The van der Waals surface area contributed by atoms with Gasteiger partial charge in [-0.1, -0.05) is 13.8 Å². The van der Waals surface area contributed by atoms with Crippen molar-refractivity contribution in [2.45, 2.75) is 72.3 Å². The topological polar surface area (TPSA) is 47.9 Å². The Morgan fingerprint density at radius 3 is 2.47 bits per heavy atom. The second kappa shape index (κ2) is 9.25. The molecule has 1 aromatic rings. The standard InChI is InChI=1S/C28H44N6/c1-19(2)27(32(6)29-5)24-7-8-26(31-30-24)34-10-9-23-16-33(17-25(23)34)18-28-13-20(3)11-22(15-28)12-21(4)14-28/h7-8,20-23,25H,5,9-18H2,1-4,6H3/t20?,21?,22?,23-,25+,28?/m0/s1. The van der Waals surface area contributed by atoms with Crippen LogP contribution in [-0.2, 0) is 0 Å². The molecule has 0 radical (unpaired) electrons. The maximum absolute atomic E-state index is 4.69. The van der Waals surface area contributed by atoms with Gasteiger partial charge >= 0.3 is 0 Å². The van der Waals surface area contributed by atoms with Gasteiger partial charge in [0.15, 0.2) is 5.82 Å². The average Bonchev–Trinajstić information content (AvgIpc) is 3.32. The molecule has 6 nitrogen and oxygen atoms in total. The molecule has 0 spiro atoms. The lowest BCUT2D eigenvalue weighted by molar-refractivity contribution is -0.00603. The minimum atomic E-state index is 0.566. The largest absolute Gasteiger partial charge is 0.351 e. The molecular weight excluding hydrogens is 420 g/mol. The summed E-state index contributed by atoms with van der Waals surface area (Å²) in [6, 6.07) is 4.83. The number of hydrazone groups is 1. The molecule has 4 aliphatic rings. The Bertz CT molecular complexity index is 900. The first kappa shape index (κ1) is 23.8. The van der Waals surface area contributed by atoms with Crippen molar-refractivity contribution in [2.75, 3.05) is 38.1 Å². The maximum Gasteiger partial charge on any atom is 0.151 e. The predicted molar refractivity (Wildman–Crippen MR) is 141 cm³/mol. The second-order valence-electron chi connectivity index (χ2n) is 12.5. The molecule has 2 aliphatic carbocycles. The van der Waals surface area contributed by atoms with Crippen molar-refractivity contribution in [3.63, 3.8) is 0 Å². The summed E-state index contributed by atoms with van der Waals surface area (Å²) in [5.41, 5.74) is 3.55. The lowest BCUT2D eigenvalue weighted by atomic mass is 9.56. The Morgan fingerprint density at radius 2 is 1.85 bits per heavy atom. The number of hydrogen-bond donors (Lipinski definition) is 0. The number of anilines is 1. The van der Waals surface area contributed by atoms with E-state index in [1.165, 1.54) is 58.2 Å². The van der Waals surface area contributed by atoms with E-state index in [1.807, 2.05) is 7.05 Å². The lowest BCUT2D eigenvalue weighted by Crippen LogP contribution is -2.47. The van der Waals surface area contributed by atoms with Crippen LogP contribution in [0.2, 0.25) is 0 Å². The van der Waals surface area contributed by atoms with Gasteiger partial charge in [-0.15, -0.1) is 10.2 Å². The third-order valence-electron chi connectivity index (χ3n) is 9.13. The molecule has 4 atom stereocenters. The molecular formula is C28H44N6. The number of fused-ring (bicyclic) bond motifs is 3. The quantitative estimate of drug-likeness (QED) is 0.431. The van der Waals surface area contributed by atoms with Gasteiger partial charge in [-0.25, -0.2) is 0 Å². The highest BCUT2D eigenvalue weighted by Crippen LogP contribution is 2.53. The van der Waals surface area contributed by atoms with Crippen molar-refractivity contribution in [1.29, 1.82) is 0 Å². The van der Waals surface area contributed by atoms with E-state index in [-0.39, 0.29) is 0 Å². The normalized spacial score (nSPS) is 35.2. The van der Waals surface area contributed by atoms with Gasteiger partial charge in [0.2, 0.25) is 0 Å². The molecule has 5 rings (SSSR count). The summed E-state index contributed by atoms with van der Waals surface area (Å²) < 4.78 is 0. The van der Waals surface area contributed by atoms with E-state index in [0.29, 0.717) is 11.5 Å². The summed E-state index contributed by atoms with van der Waals surface area (Å²) in [5, 5.41) is 15.1. The summed E-state index contributed by atoms with van der Waals surface area (Å²) in [6.45, 7) is 17.7. The molecule has 0 N–H and O–H groups in total. The van der Waals surface area contributed by atoms with Crippen molar-refractivity contribution in [1.82, 2.24) is 20.1 Å². The predicted octanol–water partition coefficient (Wildman–Crippen LogP) is 5.14. The summed E-state index contributed by atoms with van der Waals surface area (Å²) in [6.07, 6.45) is 8.56. The molecule has 34 heavy (non-hydrogen) atoms. The SMILES string of the molecule is C=NN(C)C(=C(C)C)c1ccc(N2CC[C@H]3CN(CC45CC(C)CC(CC(C)C4)C5)C[C@H]32)nn1. The highest BCUT2D eigenvalue weighted by molar-refractivity contribution is 5.64. The van der Waals surface area contributed by atoms with Crippen LogP contribution >= 0.6 is 0 Å². The van der Waals surface area contributed by atoms with Crippen molar-refractivity contribution in [2.24, 2.45) is 34.2 Å². The Balaban J connectivity index is 1.28. The van der Waals surface area contributed by atoms with Crippen LogP contribution in [0.25, 0.3) is 5.70 Å². The molecule has 0 aromatic carbocycles. The minimum absolute atomic E-state index is 0.566. The van der Waals surface area contributed by atoms with E-state index < -0.39 is 0 Å². The van der Waals surface area contributed by atoms with Crippen molar-refractivity contribution < 1.29 is 0 Å². The van der Waals surface area contributed by atoms with Crippen LogP contribution in [0, 0.1) is 29.1 Å². The number of aromatic nitrogens is 2. The lowest BCUT2D eigenvalue weighted by Gasteiger charge is -2.51. The van der Waals surface area contributed by atoms with Crippen LogP contribution in [0.1, 0.15) is 71.9 Å². The Labute approximate surface area is 206 Å². The van der Waals surface area contributed by atoms with E-state index in [4.69, 9.17) is 0 Å². The Hall–Kier alpha value is -1.95. The third kappa shape index (κ3) is 4.50. The molecule has 2 saturated carbocycles. The fourth-order valence-electron chi connectivity index (χ4n) is 8.46. The van der Waals surface area contributed by atoms with Crippen LogP contribution < -0.4 is 4.90 Å². The van der Waals surface area contributed by atoms with Gasteiger partial charge in [-0.05, 0) is 99.2 Å². The van der Waals surface area contributed by atoms with E-state index in [2.05, 4.69) is 71.6 Å².